The summed E-state index contributed by atoms with van der Waals surface area (Å²) in [5.74, 6) is 0.165. The Hall–Kier alpha value is -1.06. The summed E-state index contributed by atoms with van der Waals surface area (Å²) in [7, 11) is 0. The van der Waals surface area contributed by atoms with Crippen molar-refractivity contribution in [3.63, 3.8) is 0 Å². The van der Waals surface area contributed by atoms with Crippen molar-refractivity contribution < 1.29 is 9.53 Å². The van der Waals surface area contributed by atoms with Crippen LogP contribution < -0.4 is 0 Å². The number of morpholine rings is 1. The second kappa shape index (κ2) is 5.74. The monoisotopic (exact) mass is 295 g/mol. The predicted octanol–water partition coefficient (Wildman–Crippen LogP) is 3.67. The van der Waals surface area contributed by atoms with Crippen molar-refractivity contribution in [3.8, 4) is 0 Å². The number of hydrogen-bond donors (Lipinski definition) is 0. The Labute approximate surface area is 125 Å². The Bertz CT molecular complexity index is 499. The lowest BCUT2D eigenvalue weighted by atomic mass is 9.96. The molecule has 1 heterocycles. The van der Waals surface area contributed by atoms with Gasteiger partial charge in [0.05, 0.1) is 18.7 Å². The first-order valence-corrected chi connectivity index (χ1v) is 7.37. The van der Waals surface area contributed by atoms with Gasteiger partial charge in [-0.15, -0.1) is 0 Å². The van der Waals surface area contributed by atoms with Gasteiger partial charge in [0, 0.05) is 10.9 Å². The maximum Gasteiger partial charge on any atom is 0.225 e. The van der Waals surface area contributed by atoms with Crippen LogP contribution in [0.3, 0.4) is 0 Å². The molecule has 1 amide bonds. The van der Waals surface area contributed by atoms with Crippen molar-refractivity contribution in [2.75, 3.05) is 13.2 Å². The van der Waals surface area contributed by atoms with Crippen molar-refractivity contribution in [2.45, 2.75) is 39.3 Å². The third kappa shape index (κ3) is 3.15. The molecule has 0 spiro atoms. The molecule has 0 N–H and O–H groups in total. The number of nitrogens with zero attached hydrogens (tertiary/aromatic N) is 1. The summed E-state index contributed by atoms with van der Waals surface area (Å²) in [4.78, 5) is 14.3. The molecule has 1 atom stereocenters. The summed E-state index contributed by atoms with van der Waals surface area (Å²) in [5.41, 5.74) is 0.755. The van der Waals surface area contributed by atoms with E-state index in [1.807, 2.05) is 56.9 Å². The van der Waals surface area contributed by atoms with Gasteiger partial charge >= 0.3 is 0 Å². The number of amides is 1. The number of ether oxygens (including phenoxy) is 1. The van der Waals surface area contributed by atoms with E-state index in [1.165, 1.54) is 0 Å². The molecular formula is C16H22ClNO2. The van der Waals surface area contributed by atoms with Gasteiger partial charge in [-0.05, 0) is 31.5 Å². The molecule has 2 rings (SSSR count). The molecule has 0 aromatic heterocycles. The quantitative estimate of drug-likeness (QED) is 0.833. The summed E-state index contributed by atoms with van der Waals surface area (Å²) in [6.45, 7) is 9.06. The van der Waals surface area contributed by atoms with E-state index in [1.54, 1.807) is 0 Å². The van der Waals surface area contributed by atoms with Gasteiger partial charge in [0.25, 0.3) is 0 Å². The van der Waals surface area contributed by atoms with Crippen molar-refractivity contribution in [2.24, 2.45) is 5.92 Å². The van der Waals surface area contributed by atoms with Crippen LogP contribution in [0.1, 0.15) is 39.4 Å². The lowest BCUT2D eigenvalue weighted by molar-refractivity contribution is -0.158. The fourth-order valence-corrected chi connectivity index (χ4v) is 2.66. The summed E-state index contributed by atoms with van der Waals surface area (Å²) in [5, 5.41) is 0.692. The van der Waals surface area contributed by atoms with E-state index in [-0.39, 0.29) is 23.5 Å². The normalized spacial score (nSPS) is 22.1. The SMILES string of the molecule is CC(C)C(=O)N1CC(c2cccc(Cl)c2)OCC1(C)C. The van der Waals surface area contributed by atoms with E-state index >= 15 is 0 Å². The van der Waals surface area contributed by atoms with E-state index in [4.69, 9.17) is 16.3 Å². The van der Waals surface area contributed by atoms with Crippen LogP contribution in [-0.4, -0.2) is 29.5 Å². The number of halogens is 1. The van der Waals surface area contributed by atoms with E-state index in [0.29, 0.717) is 18.2 Å². The van der Waals surface area contributed by atoms with Crippen molar-refractivity contribution in [1.29, 1.82) is 0 Å². The highest BCUT2D eigenvalue weighted by atomic mass is 35.5. The second-order valence-corrected chi connectivity index (χ2v) is 6.71. The maximum absolute atomic E-state index is 12.4. The minimum Gasteiger partial charge on any atom is -0.369 e. The lowest BCUT2D eigenvalue weighted by Crippen LogP contribution is -2.57. The fourth-order valence-electron chi connectivity index (χ4n) is 2.46. The van der Waals surface area contributed by atoms with Gasteiger partial charge in [0.2, 0.25) is 5.91 Å². The average Bonchev–Trinajstić information content (AvgIpc) is 2.37. The van der Waals surface area contributed by atoms with Crippen LogP contribution in [0.5, 0.6) is 0 Å². The van der Waals surface area contributed by atoms with Gasteiger partial charge in [0.15, 0.2) is 0 Å². The highest BCUT2D eigenvalue weighted by Gasteiger charge is 2.39. The van der Waals surface area contributed by atoms with Crippen LogP contribution in [0.25, 0.3) is 0 Å². The number of carbonyl (C=O) groups excluding carboxylic acids is 1. The average molecular weight is 296 g/mol. The minimum atomic E-state index is -0.267. The standard InChI is InChI=1S/C16H22ClNO2/c1-11(2)15(19)18-9-14(20-10-16(18,3)4)12-6-5-7-13(17)8-12/h5-8,11,14H,9-10H2,1-4H3. The molecule has 1 aromatic carbocycles. The van der Waals surface area contributed by atoms with Gasteiger partial charge in [-0.2, -0.15) is 0 Å². The summed E-state index contributed by atoms with van der Waals surface area (Å²) >= 11 is 6.03. The smallest absolute Gasteiger partial charge is 0.225 e. The molecule has 3 nitrogen and oxygen atoms in total. The number of hydrogen-bond acceptors (Lipinski definition) is 2. The van der Waals surface area contributed by atoms with Gasteiger partial charge < -0.3 is 9.64 Å². The Morgan fingerprint density at radius 1 is 1.45 bits per heavy atom. The molecule has 0 aliphatic carbocycles. The molecule has 1 unspecified atom stereocenters. The molecule has 0 bridgehead atoms. The van der Waals surface area contributed by atoms with Crippen LogP contribution in [0.2, 0.25) is 5.02 Å². The Kier molecular flexibility index (Phi) is 4.40. The van der Waals surface area contributed by atoms with Crippen LogP contribution in [0.15, 0.2) is 24.3 Å². The van der Waals surface area contributed by atoms with Crippen LogP contribution in [-0.2, 0) is 9.53 Å². The highest BCUT2D eigenvalue weighted by Crippen LogP contribution is 2.32. The van der Waals surface area contributed by atoms with Crippen molar-refractivity contribution >= 4 is 17.5 Å². The van der Waals surface area contributed by atoms with Crippen LogP contribution in [0, 0.1) is 5.92 Å². The van der Waals surface area contributed by atoms with Crippen LogP contribution >= 0.6 is 11.6 Å². The number of carbonyl (C=O) groups is 1. The third-order valence-electron chi connectivity index (χ3n) is 3.70. The zero-order valence-corrected chi connectivity index (χ0v) is 13.3. The minimum absolute atomic E-state index is 0.00705. The van der Waals surface area contributed by atoms with Crippen molar-refractivity contribution in [3.05, 3.63) is 34.9 Å². The summed E-state index contributed by atoms with van der Waals surface area (Å²) in [6, 6.07) is 7.65. The largest absolute Gasteiger partial charge is 0.369 e. The molecule has 1 aliphatic heterocycles. The molecule has 20 heavy (non-hydrogen) atoms. The third-order valence-corrected chi connectivity index (χ3v) is 3.93. The van der Waals surface area contributed by atoms with Gasteiger partial charge in [-0.3, -0.25) is 4.79 Å². The summed E-state index contributed by atoms with van der Waals surface area (Å²) in [6.07, 6.45) is -0.107. The molecule has 1 saturated heterocycles. The molecule has 0 radical (unpaired) electrons. The zero-order valence-electron chi connectivity index (χ0n) is 12.5. The Balaban J connectivity index is 2.22. The number of benzene rings is 1. The molecular weight excluding hydrogens is 274 g/mol. The molecule has 1 fully saturated rings. The van der Waals surface area contributed by atoms with Gasteiger partial charge in [-0.25, -0.2) is 0 Å². The van der Waals surface area contributed by atoms with E-state index in [0.717, 1.165) is 5.56 Å². The molecule has 1 aliphatic rings. The van der Waals surface area contributed by atoms with E-state index in [9.17, 15) is 4.79 Å². The Morgan fingerprint density at radius 2 is 2.15 bits per heavy atom. The Morgan fingerprint density at radius 3 is 2.75 bits per heavy atom. The molecule has 110 valence electrons. The lowest BCUT2D eigenvalue weighted by Gasteiger charge is -2.46. The van der Waals surface area contributed by atoms with Gasteiger partial charge in [0.1, 0.15) is 6.10 Å². The van der Waals surface area contributed by atoms with E-state index in [2.05, 4.69) is 0 Å². The second-order valence-electron chi connectivity index (χ2n) is 6.27. The molecule has 1 aromatic rings. The maximum atomic E-state index is 12.4. The first-order valence-electron chi connectivity index (χ1n) is 7.00. The first kappa shape index (κ1) is 15.3. The van der Waals surface area contributed by atoms with Crippen molar-refractivity contribution in [1.82, 2.24) is 4.90 Å². The fraction of sp³-hybridized carbons (Fsp3) is 0.562. The topological polar surface area (TPSA) is 29.5 Å². The number of rotatable bonds is 2. The first-order chi connectivity index (χ1) is 9.31. The van der Waals surface area contributed by atoms with Gasteiger partial charge in [-0.1, -0.05) is 37.6 Å². The summed E-state index contributed by atoms with van der Waals surface area (Å²) < 4.78 is 5.94. The van der Waals surface area contributed by atoms with Crippen LogP contribution in [0.4, 0.5) is 0 Å². The van der Waals surface area contributed by atoms with E-state index < -0.39 is 0 Å². The zero-order chi connectivity index (χ0) is 14.9. The molecule has 0 saturated carbocycles. The molecule has 4 heteroatoms. The highest BCUT2D eigenvalue weighted by molar-refractivity contribution is 6.30. The predicted molar refractivity (Wildman–Crippen MR) is 80.8 cm³/mol.